The minimum Gasteiger partial charge on any atom is -0.508 e. The Morgan fingerprint density at radius 1 is 1.50 bits per heavy atom. The van der Waals surface area contributed by atoms with Gasteiger partial charge in [-0.3, -0.25) is 0 Å². The molecule has 0 bridgehead atoms. The second kappa shape index (κ2) is 3.93. The lowest BCUT2D eigenvalue weighted by Crippen LogP contribution is -2.11. The number of rotatable bonds is 2. The molecule has 0 saturated heterocycles. The van der Waals surface area contributed by atoms with Crippen LogP contribution < -0.4 is 0 Å². The van der Waals surface area contributed by atoms with E-state index in [1.54, 1.807) is 0 Å². The Morgan fingerprint density at radius 2 is 2.07 bits per heavy atom. The molecule has 14 heavy (non-hydrogen) atoms. The summed E-state index contributed by atoms with van der Waals surface area (Å²) in [4.78, 5) is 10.4. The van der Waals surface area contributed by atoms with Crippen LogP contribution in [0.2, 0.25) is 0 Å². The smallest absolute Gasteiger partial charge is 0.337 e. The lowest BCUT2D eigenvalue weighted by atomic mass is 10.1. The number of carboxylic acids is 1. The fraction of sp³-hybridized carbons (Fsp3) is 0.125. The maximum Gasteiger partial charge on any atom is 0.337 e. The van der Waals surface area contributed by atoms with Crippen molar-refractivity contribution >= 4 is 21.9 Å². The van der Waals surface area contributed by atoms with Crippen LogP contribution in [0.4, 0.5) is 4.39 Å². The van der Waals surface area contributed by atoms with Crippen LogP contribution in [-0.4, -0.2) is 21.3 Å². The van der Waals surface area contributed by atoms with Crippen LogP contribution in [0.1, 0.15) is 11.7 Å². The lowest BCUT2D eigenvalue weighted by Gasteiger charge is -2.09. The number of carboxylic acid groups (broad SMARTS) is 1. The van der Waals surface area contributed by atoms with Crippen LogP contribution in [0.25, 0.3) is 0 Å². The van der Waals surface area contributed by atoms with Gasteiger partial charge in [0, 0.05) is 11.6 Å². The zero-order valence-electron chi connectivity index (χ0n) is 6.74. The molecule has 1 aromatic rings. The monoisotopic (exact) mass is 264 g/mol. The molecule has 0 aliphatic carbocycles. The number of phenols is 1. The van der Waals surface area contributed by atoms with E-state index in [-0.39, 0.29) is 10.0 Å². The standard InChI is InChI=1S/C8H6BrFO4/c9-6-4(7(12)8(13)14)1-3(11)2-5(6)10/h1-2,7,11-12H,(H,13,14). The molecule has 0 aliphatic heterocycles. The van der Waals surface area contributed by atoms with E-state index < -0.39 is 23.6 Å². The molecular weight excluding hydrogens is 259 g/mol. The molecule has 1 atom stereocenters. The summed E-state index contributed by atoms with van der Waals surface area (Å²) in [7, 11) is 0. The first-order valence-corrected chi connectivity index (χ1v) is 4.31. The average molecular weight is 265 g/mol. The summed E-state index contributed by atoms with van der Waals surface area (Å²) in [5, 5.41) is 26.6. The molecule has 0 aromatic heterocycles. The van der Waals surface area contributed by atoms with E-state index >= 15 is 0 Å². The Labute approximate surface area is 86.7 Å². The van der Waals surface area contributed by atoms with Gasteiger partial charge in [0.1, 0.15) is 11.6 Å². The fourth-order valence-corrected chi connectivity index (χ4v) is 1.37. The minimum atomic E-state index is -1.87. The molecule has 0 spiro atoms. The second-order valence-electron chi connectivity index (χ2n) is 2.57. The van der Waals surface area contributed by atoms with Gasteiger partial charge >= 0.3 is 5.97 Å². The molecule has 76 valence electrons. The highest BCUT2D eigenvalue weighted by molar-refractivity contribution is 9.10. The molecule has 0 radical (unpaired) electrons. The minimum absolute atomic E-state index is 0.176. The second-order valence-corrected chi connectivity index (χ2v) is 3.36. The van der Waals surface area contributed by atoms with Gasteiger partial charge < -0.3 is 15.3 Å². The largest absolute Gasteiger partial charge is 0.508 e. The highest BCUT2D eigenvalue weighted by Crippen LogP contribution is 2.30. The first kappa shape index (κ1) is 10.9. The van der Waals surface area contributed by atoms with E-state index in [0.29, 0.717) is 0 Å². The van der Waals surface area contributed by atoms with Gasteiger partial charge in [0.05, 0.1) is 4.47 Å². The number of hydrogen-bond donors (Lipinski definition) is 3. The molecule has 0 saturated carbocycles. The van der Waals surface area contributed by atoms with Crippen molar-refractivity contribution in [1.29, 1.82) is 0 Å². The van der Waals surface area contributed by atoms with Crippen LogP contribution in [0.15, 0.2) is 16.6 Å². The Hall–Kier alpha value is -1.14. The predicted molar refractivity (Wildman–Crippen MR) is 48.4 cm³/mol. The number of carbonyl (C=O) groups is 1. The summed E-state index contributed by atoms with van der Waals surface area (Å²) >= 11 is 2.77. The van der Waals surface area contributed by atoms with Gasteiger partial charge in [-0.05, 0) is 22.0 Å². The molecule has 0 amide bonds. The van der Waals surface area contributed by atoms with E-state index in [1.165, 1.54) is 0 Å². The molecule has 0 heterocycles. The van der Waals surface area contributed by atoms with Crippen molar-refractivity contribution in [2.45, 2.75) is 6.10 Å². The topological polar surface area (TPSA) is 77.8 Å². The van der Waals surface area contributed by atoms with Crippen LogP contribution in [0, 0.1) is 5.82 Å². The van der Waals surface area contributed by atoms with Gasteiger partial charge in [0.15, 0.2) is 6.10 Å². The third-order valence-corrected chi connectivity index (χ3v) is 2.41. The third kappa shape index (κ3) is 2.02. The van der Waals surface area contributed by atoms with E-state index in [4.69, 9.17) is 15.3 Å². The van der Waals surface area contributed by atoms with Crippen LogP contribution >= 0.6 is 15.9 Å². The van der Waals surface area contributed by atoms with Gasteiger partial charge in [0.25, 0.3) is 0 Å². The van der Waals surface area contributed by atoms with E-state index in [9.17, 15) is 9.18 Å². The zero-order valence-corrected chi connectivity index (χ0v) is 8.32. The number of phenolic OH excluding ortho intramolecular Hbond substituents is 1. The van der Waals surface area contributed by atoms with Crippen LogP contribution in [0.3, 0.4) is 0 Å². The van der Waals surface area contributed by atoms with Gasteiger partial charge in [-0.2, -0.15) is 0 Å². The van der Waals surface area contributed by atoms with Crippen molar-refractivity contribution in [2.24, 2.45) is 0 Å². The highest BCUT2D eigenvalue weighted by atomic mass is 79.9. The number of aliphatic hydroxyl groups excluding tert-OH is 1. The summed E-state index contributed by atoms with van der Waals surface area (Å²) in [6.07, 6.45) is -1.87. The first-order valence-electron chi connectivity index (χ1n) is 3.52. The molecule has 1 unspecified atom stereocenters. The van der Waals surface area contributed by atoms with Crippen molar-refractivity contribution in [3.05, 3.63) is 28.0 Å². The average Bonchev–Trinajstić information content (AvgIpc) is 2.09. The zero-order chi connectivity index (χ0) is 10.9. The molecule has 4 nitrogen and oxygen atoms in total. The van der Waals surface area contributed by atoms with Crippen molar-refractivity contribution in [3.63, 3.8) is 0 Å². The number of aliphatic carboxylic acids is 1. The first-order chi connectivity index (χ1) is 6.43. The van der Waals surface area contributed by atoms with Crippen molar-refractivity contribution in [2.75, 3.05) is 0 Å². The molecule has 1 aromatic carbocycles. The third-order valence-electron chi connectivity index (χ3n) is 1.57. The number of aromatic hydroxyl groups is 1. The van der Waals surface area contributed by atoms with Gasteiger partial charge in [-0.15, -0.1) is 0 Å². The summed E-state index contributed by atoms with van der Waals surface area (Å²) < 4.78 is 12.8. The van der Waals surface area contributed by atoms with Crippen molar-refractivity contribution < 1.29 is 24.5 Å². The van der Waals surface area contributed by atoms with Crippen LogP contribution in [0.5, 0.6) is 5.75 Å². The van der Waals surface area contributed by atoms with E-state index in [0.717, 1.165) is 12.1 Å². The Kier molecular flexibility index (Phi) is 3.07. The van der Waals surface area contributed by atoms with E-state index in [1.807, 2.05) is 0 Å². The Morgan fingerprint density at radius 3 is 2.57 bits per heavy atom. The van der Waals surface area contributed by atoms with Crippen molar-refractivity contribution in [3.8, 4) is 5.75 Å². The molecule has 3 N–H and O–H groups in total. The quantitative estimate of drug-likeness (QED) is 0.755. The summed E-state index contributed by atoms with van der Waals surface area (Å²) in [5.41, 5.74) is -0.227. The number of aliphatic hydroxyl groups is 1. The fourth-order valence-electron chi connectivity index (χ4n) is 0.927. The molecular formula is C8H6BrFO4. The van der Waals surface area contributed by atoms with Gasteiger partial charge in [-0.1, -0.05) is 0 Å². The maximum atomic E-state index is 13.0. The number of hydrogen-bond acceptors (Lipinski definition) is 3. The lowest BCUT2D eigenvalue weighted by molar-refractivity contribution is -0.147. The van der Waals surface area contributed by atoms with Crippen molar-refractivity contribution in [1.82, 2.24) is 0 Å². The maximum absolute atomic E-state index is 13.0. The molecule has 0 aliphatic rings. The van der Waals surface area contributed by atoms with E-state index in [2.05, 4.69) is 15.9 Å². The Balaban J connectivity index is 3.26. The van der Waals surface area contributed by atoms with Gasteiger partial charge in [-0.25, -0.2) is 9.18 Å². The normalized spacial score (nSPS) is 12.5. The molecule has 0 fully saturated rings. The summed E-state index contributed by atoms with van der Waals surface area (Å²) in [6, 6.07) is 1.79. The van der Waals surface area contributed by atoms with Gasteiger partial charge in [0.2, 0.25) is 0 Å². The summed E-state index contributed by atoms with van der Waals surface area (Å²) in [5.74, 6) is -2.79. The number of halogens is 2. The predicted octanol–water partition coefficient (Wildman–Crippen LogP) is 1.41. The Bertz CT molecular complexity index is 380. The highest BCUT2D eigenvalue weighted by Gasteiger charge is 2.21. The molecule has 1 rings (SSSR count). The number of benzene rings is 1. The molecule has 6 heteroatoms. The van der Waals surface area contributed by atoms with Crippen LogP contribution in [-0.2, 0) is 4.79 Å². The SMILES string of the molecule is O=C(O)C(O)c1cc(O)cc(F)c1Br. The summed E-state index contributed by atoms with van der Waals surface area (Å²) in [6.45, 7) is 0.